The zero-order chi connectivity index (χ0) is 12.8. The van der Waals surface area contributed by atoms with Crippen LogP contribution < -0.4 is 5.32 Å². The number of rotatable bonds is 4. The van der Waals surface area contributed by atoms with Gasteiger partial charge in [-0.05, 0) is 36.8 Å². The van der Waals surface area contributed by atoms with Crippen molar-refractivity contribution in [2.75, 3.05) is 18.5 Å². The lowest BCUT2D eigenvalue weighted by atomic mass is 9.79. The Morgan fingerprint density at radius 2 is 2.11 bits per heavy atom. The minimum Gasteiger partial charge on any atom is -0.396 e. The van der Waals surface area contributed by atoms with E-state index in [-0.39, 0.29) is 6.61 Å². The molecule has 2 rings (SSSR count). The number of nitrogens with one attached hydrogen (secondary N) is 1. The van der Waals surface area contributed by atoms with Crippen LogP contribution in [0.5, 0.6) is 0 Å². The summed E-state index contributed by atoms with van der Waals surface area (Å²) in [6.07, 6.45) is 6.50. The molecule has 1 aliphatic carbocycles. The highest BCUT2D eigenvalue weighted by atomic mass is 16.3. The first-order valence-electron chi connectivity index (χ1n) is 6.54. The van der Waals surface area contributed by atoms with Crippen LogP contribution in [0.2, 0.25) is 0 Å². The Kier molecular flexibility index (Phi) is 4.54. The summed E-state index contributed by atoms with van der Waals surface area (Å²) in [5, 5.41) is 21.4. The summed E-state index contributed by atoms with van der Waals surface area (Å²) in [4.78, 5) is 4.03. The largest absolute Gasteiger partial charge is 0.396 e. The molecular weight excluding hydrogens is 226 g/mol. The zero-order valence-electron chi connectivity index (χ0n) is 10.5. The van der Waals surface area contributed by atoms with Crippen molar-refractivity contribution in [1.29, 1.82) is 5.26 Å². The van der Waals surface area contributed by atoms with Gasteiger partial charge in [-0.1, -0.05) is 12.8 Å². The van der Waals surface area contributed by atoms with E-state index in [4.69, 9.17) is 5.26 Å². The van der Waals surface area contributed by atoms with E-state index in [0.29, 0.717) is 17.5 Å². The molecule has 1 heterocycles. The predicted octanol–water partition coefficient (Wildman–Crippen LogP) is 2.16. The molecule has 1 aliphatic rings. The summed E-state index contributed by atoms with van der Waals surface area (Å²) in [5.74, 6) is 0.969. The van der Waals surface area contributed by atoms with E-state index in [1.807, 2.05) is 12.1 Å². The molecule has 0 spiro atoms. The normalized spacial score (nSPS) is 23.3. The van der Waals surface area contributed by atoms with Gasteiger partial charge >= 0.3 is 0 Å². The van der Waals surface area contributed by atoms with E-state index < -0.39 is 0 Å². The molecule has 0 amide bonds. The van der Waals surface area contributed by atoms with Crippen molar-refractivity contribution in [3.8, 4) is 6.07 Å². The second-order valence-electron chi connectivity index (χ2n) is 4.91. The maximum Gasteiger partial charge on any atom is 0.140 e. The van der Waals surface area contributed by atoms with E-state index in [9.17, 15) is 5.11 Å². The smallest absolute Gasteiger partial charge is 0.140 e. The molecule has 1 aromatic rings. The molecule has 0 aliphatic heterocycles. The van der Waals surface area contributed by atoms with Crippen LogP contribution in [0.3, 0.4) is 0 Å². The van der Waals surface area contributed by atoms with E-state index in [2.05, 4.69) is 10.3 Å². The van der Waals surface area contributed by atoms with E-state index in [1.54, 1.807) is 12.3 Å². The van der Waals surface area contributed by atoms with Crippen LogP contribution in [0.25, 0.3) is 0 Å². The molecular formula is C14H19N3O. The Balaban J connectivity index is 1.87. The first kappa shape index (κ1) is 12.8. The summed E-state index contributed by atoms with van der Waals surface area (Å²) in [5.41, 5.74) is 1.38. The minimum absolute atomic E-state index is 0.290. The molecule has 0 radical (unpaired) electrons. The lowest BCUT2D eigenvalue weighted by Crippen LogP contribution is -2.28. The number of nitrogens with zero attached hydrogens (tertiary/aromatic N) is 2. The summed E-state index contributed by atoms with van der Waals surface area (Å²) in [7, 11) is 0. The molecule has 0 saturated heterocycles. The average molecular weight is 245 g/mol. The van der Waals surface area contributed by atoms with Gasteiger partial charge in [0.05, 0.1) is 11.9 Å². The second-order valence-corrected chi connectivity index (χ2v) is 4.91. The molecule has 2 N–H and O–H groups in total. The van der Waals surface area contributed by atoms with Gasteiger partial charge in [0.2, 0.25) is 0 Å². The van der Waals surface area contributed by atoms with Crippen LogP contribution in [0.4, 0.5) is 5.69 Å². The van der Waals surface area contributed by atoms with Crippen LogP contribution in [-0.2, 0) is 0 Å². The fourth-order valence-electron chi connectivity index (χ4n) is 2.61. The maximum absolute atomic E-state index is 9.35. The first-order chi connectivity index (χ1) is 8.83. The fourth-order valence-corrected chi connectivity index (χ4v) is 2.61. The van der Waals surface area contributed by atoms with Gasteiger partial charge in [0.1, 0.15) is 11.8 Å². The molecule has 0 bridgehead atoms. The Hall–Kier alpha value is -1.60. The summed E-state index contributed by atoms with van der Waals surface area (Å²) >= 11 is 0. The Labute approximate surface area is 108 Å². The highest BCUT2D eigenvalue weighted by molar-refractivity contribution is 5.42. The van der Waals surface area contributed by atoms with Gasteiger partial charge in [-0.3, -0.25) is 0 Å². The number of aromatic nitrogens is 1. The minimum atomic E-state index is 0.290. The molecule has 2 unspecified atom stereocenters. The van der Waals surface area contributed by atoms with Gasteiger partial charge in [-0.15, -0.1) is 0 Å². The molecule has 18 heavy (non-hydrogen) atoms. The van der Waals surface area contributed by atoms with Crippen molar-refractivity contribution >= 4 is 5.69 Å². The van der Waals surface area contributed by atoms with Crippen molar-refractivity contribution in [2.24, 2.45) is 11.8 Å². The standard InChI is InChI=1S/C14H19N3O/c15-7-13-5-6-14(9-17-13)16-8-11-3-1-2-4-12(11)10-18/h5-6,9,11-12,16,18H,1-4,8,10H2. The number of aliphatic hydroxyl groups excluding tert-OH is 1. The zero-order valence-corrected chi connectivity index (χ0v) is 10.5. The first-order valence-corrected chi connectivity index (χ1v) is 6.54. The summed E-state index contributed by atoms with van der Waals surface area (Å²) in [6, 6.07) is 5.60. The Morgan fingerprint density at radius 1 is 1.33 bits per heavy atom. The molecule has 1 saturated carbocycles. The van der Waals surface area contributed by atoms with Crippen molar-refractivity contribution in [3.63, 3.8) is 0 Å². The third-order valence-corrected chi connectivity index (χ3v) is 3.75. The molecule has 4 heteroatoms. The summed E-state index contributed by atoms with van der Waals surface area (Å²) < 4.78 is 0. The van der Waals surface area contributed by atoms with Gasteiger partial charge in [-0.25, -0.2) is 4.98 Å². The number of anilines is 1. The highest BCUT2D eigenvalue weighted by Gasteiger charge is 2.23. The van der Waals surface area contributed by atoms with Gasteiger partial charge in [0.15, 0.2) is 0 Å². The predicted molar refractivity (Wildman–Crippen MR) is 70.0 cm³/mol. The lowest BCUT2D eigenvalue weighted by molar-refractivity contribution is 0.141. The van der Waals surface area contributed by atoms with Gasteiger partial charge in [0.25, 0.3) is 0 Å². The quantitative estimate of drug-likeness (QED) is 0.853. The Bertz CT molecular complexity index is 410. The van der Waals surface area contributed by atoms with E-state index in [1.165, 1.54) is 19.3 Å². The SMILES string of the molecule is N#Cc1ccc(NCC2CCCCC2CO)cn1. The molecule has 0 aromatic carbocycles. The molecule has 1 fully saturated rings. The van der Waals surface area contributed by atoms with E-state index in [0.717, 1.165) is 18.7 Å². The highest BCUT2D eigenvalue weighted by Crippen LogP contribution is 2.29. The second kappa shape index (κ2) is 6.36. The third-order valence-electron chi connectivity index (χ3n) is 3.75. The van der Waals surface area contributed by atoms with Crippen LogP contribution in [0, 0.1) is 23.2 Å². The monoisotopic (exact) mass is 245 g/mol. The topological polar surface area (TPSA) is 68.9 Å². The van der Waals surface area contributed by atoms with Crippen LogP contribution in [0.1, 0.15) is 31.4 Å². The number of hydrogen-bond donors (Lipinski definition) is 2. The Morgan fingerprint density at radius 3 is 2.72 bits per heavy atom. The molecule has 1 aromatic heterocycles. The third kappa shape index (κ3) is 3.21. The number of hydrogen-bond acceptors (Lipinski definition) is 4. The van der Waals surface area contributed by atoms with Crippen molar-refractivity contribution in [2.45, 2.75) is 25.7 Å². The van der Waals surface area contributed by atoms with E-state index >= 15 is 0 Å². The van der Waals surface area contributed by atoms with Crippen molar-refractivity contribution in [3.05, 3.63) is 24.0 Å². The van der Waals surface area contributed by atoms with Crippen molar-refractivity contribution in [1.82, 2.24) is 4.98 Å². The van der Waals surface area contributed by atoms with Gasteiger partial charge in [0, 0.05) is 13.2 Å². The molecule has 4 nitrogen and oxygen atoms in total. The average Bonchev–Trinajstić information content (AvgIpc) is 2.46. The number of nitriles is 1. The summed E-state index contributed by atoms with van der Waals surface area (Å²) in [6.45, 7) is 1.16. The fraction of sp³-hybridized carbons (Fsp3) is 0.571. The van der Waals surface area contributed by atoms with Crippen LogP contribution in [-0.4, -0.2) is 23.2 Å². The molecule has 96 valence electrons. The molecule has 2 atom stereocenters. The number of aliphatic hydroxyl groups is 1. The van der Waals surface area contributed by atoms with Gasteiger partial charge < -0.3 is 10.4 Å². The maximum atomic E-state index is 9.35. The van der Waals surface area contributed by atoms with Gasteiger partial charge in [-0.2, -0.15) is 5.26 Å². The number of pyridine rings is 1. The van der Waals surface area contributed by atoms with Crippen molar-refractivity contribution < 1.29 is 5.11 Å². The van der Waals surface area contributed by atoms with Crippen LogP contribution in [0.15, 0.2) is 18.3 Å². The lowest BCUT2D eigenvalue weighted by Gasteiger charge is -2.30. The van der Waals surface area contributed by atoms with Crippen LogP contribution >= 0.6 is 0 Å².